The van der Waals surface area contributed by atoms with Crippen LogP contribution >= 0.6 is 0 Å². The van der Waals surface area contributed by atoms with E-state index in [9.17, 15) is 9.18 Å². The maximum Gasteiger partial charge on any atom is 0.254 e. The summed E-state index contributed by atoms with van der Waals surface area (Å²) in [6.07, 6.45) is 3.22. The molecule has 1 aliphatic rings. The second kappa shape index (κ2) is 4.46. The van der Waals surface area contributed by atoms with Gasteiger partial charge >= 0.3 is 0 Å². The summed E-state index contributed by atoms with van der Waals surface area (Å²) in [6.45, 7) is 2.79. The highest BCUT2D eigenvalue weighted by atomic mass is 19.1. The summed E-state index contributed by atoms with van der Waals surface area (Å²) in [7, 11) is 0. The summed E-state index contributed by atoms with van der Waals surface area (Å²) in [5.41, 5.74) is 0.925. The first-order chi connectivity index (χ1) is 9.15. The molecule has 0 saturated carbocycles. The molecule has 0 aliphatic carbocycles. The molecule has 0 N–H and O–H groups in total. The largest absolute Gasteiger partial charge is 0.334 e. The van der Waals surface area contributed by atoms with Crippen LogP contribution in [0.5, 0.6) is 0 Å². The van der Waals surface area contributed by atoms with Gasteiger partial charge in [0.1, 0.15) is 11.9 Å². The minimum absolute atomic E-state index is 0.120. The van der Waals surface area contributed by atoms with E-state index in [1.807, 2.05) is 0 Å². The SMILES string of the molecule is Cc1ccc(C(=O)N2CC(n3nccn3)C2)cc1F. The first kappa shape index (κ1) is 11.8. The Morgan fingerprint density at radius 2 is 2.00 bits per heavy atom. The molecule has 0 atom stereocenters. The fourth-order valence-corrected chi connectivity index (χ4v) is 2.09. The molecule has 0 unspecified atom stereocenters. The average Bonchev–Trinajstić information content (AvgIpc) is 2.84. The van der Waals surface area contributed by atoms with Crippen LogP contribution in [0.15, 0.2) is 30.6 Å². The molecular formula is C13H13FN4O. The van der Waals surface area contributed by atoms with Gasteiger partial charge in [0.2, 0.25) is 0 Å². The third-order valence-electron chi connectivity index (χ3n) is 3.33. The smallest absolute Gasteiger partial charge is 0.254 e. The number of likely N-dealkylation sites (tertiary alicyclic amines) is 1. The summed E-state index contributed by atoms with van der Waals surface area (Å²) >= 11 is 0. The molecule has 1 aromatic carbocycles. The maximum absolute atomic E-state index is 13.4. The van der Waals surface area contributed by atoms with Gasteiger partial charge in [0, 0.05) is 18.7 Å². The number of carbonyl (C=O) groups excluding carboxylic acids is 1. The Morgan fingerprint density at radius 1 is 1.32 bits per heavy atom. The van der Waals surface area contributed by atoms with Gasteiger partial charge in [-0.1, -0.05) is 6.07 Å². The van der Waals surface area contributed by atoms with Gasteiger partial charge in [0.25, 0.3) is 5.91 Å². The topological polar surface area (TPSA) is 51.0 Å². The predicted octanol–water partition coefficient (Wildman–Crippen LogP) is 1.42. The van der Waals surface area contributed by atoms with Crippen molar-refractivity contribution in [1.82, 2.24) is 19.9 Å². The van der Waals surface area contributed by atoms with Crippen molar-refractivity contribution in [2.45, 2.75) is 13.0 Å². The van der Waals surface area contributed by atoms with Crippen molar-refractivity contribution in [3.05, 3.63) is 47.5 Å². The van der Waals surface area contributed by atoms with Gasteiger partial charge in [-0.2, -0.15) is 15.0 Å². The second-order valence-electron chi connectivity index (χ2n) is 4.68. The third kappa shape index (κ3) is 2.09. The van der Waals surface area contributed by atoms with E-state index in [2.05, 4.69) is 10.2 Å². The predicted molar refractivity (Wildman–Crippen MR) is 66.1 cm³/mol. The van der Waals surface area contributed by atoms with Crippen molar-refractivity contribution in [2.75, 3.05) is 13.1 Å². The number of amides is 1. The lowest BCUT2D eigenvalue weighted by Crippen LogP contribution is -2.51. The van der Waals surface area contributed by atoms with E-state index in [-0.39, 0.29) is 17.8 Å². The number of aromatic nitrogens is 3. The number of aryl methyl sites for hydroxylation is 1. The van der Waals surface area contributed by atoms with E-state index in [4.69, 9.17) is 0 Å². The molecule has 0 radical (unpaired) electrons. The quantitative estimate of drug-likeness (QED) is 0.820. The summed E-state index contributed by atoms with van der Waals surface area (Å²) in [6, 6.07) is 4.68. The van der Waals surface area contributed by atoms with Gasteiger partial charge in [-0.25, -0.2) is 4.39 Å². The summed E-state index contributed by atoms with van der Waals surface area (Å²) in [4.78, 5) is 15.4. The Hall–Kier alpha value is -2.24. The molecule has 1 amide bonds. The van der Waals surface area contributed by atoms with Crippen LogP contribution in [0.25, 0.3) is 0 Å². The van der Waals surface area contributed by atoms with Crippen LogP contribution in [-0.4, -0.2) is 38.9 Å². The van der Waals surface area contributed by atoms with Gasteiger partial charge in [-0.05, 0) is 24.6 Å². The van der Waals surface area contributed by atoms with E-state index in [1.165, 1.54) is 6.07 Å². The molecule has 98 valence electrons. The van der Waals surface area contributed by atoms with Gasteiger partial charge in [-0.15, -0.1) is 0 Å². The average molecular weight is 260 g/mol. The first-order valence-electron chi connectivity index (χ1n) is 6.06. The highest BCUT2D eigenvalue weighted by Crippen LogP contribution is 2.22. The molecule has 2 heterocycles. The lowest BCUT2D eigenvalue weighted by atomic mass is 10.1. The Bertz CT molecular complexity index is 605. The molecule has 2 aromatic rings. The van der Waals surface area contributed by atoms with Gasteiger partial charge in [0.15, 0.2) is 0 Å². The number of benzene rings is 1. The maximum atomic E-state index is 13.4. The van der Waals surface area contributed by atoms with Gasteiger partial charge in [0.05, 0.1) is 12.4 Å². The zero-order chi connectivity index (χ0) is 13.4. The zero-order valence-electron chi connectivity index (χ0n) is 10.5. The minimum atomic E-state index is -0.350. The molecule has 1 aliphatic heterocycles. The van der Waals surface area contributed by atoms with E-state index in [0.717, 1.165) is 0 Å². The Morgan fingerprint density at radius 3 is 2.63 bits per heavy atom. The minimum Gasteiger partial charge on any atom is -0.334 e. The zero-order valence-corrected chi connectivity index (χ0v) is 10.5. The van der Waals surface area contributed by atoms with Crippen molar-refractivity contribution >= 4 is 5.91 Å². The fraction of sp³-hybridized carbons (Fsp3) is 0.308. The molecule has 1 aromatic heterocycles. The number of carbonyl (C=O) groups is 1. The van der Waals surface area contributed by atoms with Gasteiger partial charge in [-0.3, -0.25) is 4.79 Å². The van der Waals surface area contributed by atoms with E-state index in [1.54, 1.807) is 41.1 Å². The Kier molecular flexibility index (Phi) is 2.77. The highest BCUT2D eigenvalue weighted by molar-refractivity contribution is 5.94. The lowest BCUT2D eigenvalue weighted by molar-refractivity contribution is 0.0476. The number of rotatable bonds is 2. The molecule has 0 spiro atoms. The number of hydrogen-bond acceptors (Lipinski definition) is 3. The van der Waals surface area contributed by atoms with Gasteiger partial charge < -0.3 is 4.90 Å². The van der Waals surface area contributed by atoms with Crippen LogP contribution in [0.4, 0.5) is 4.39 Å². The van der Waals surface area contributed by atoms with Crippen LogP contribution in [0.3, 0.4) is 0 Å². The fourth-order valence-electron chi connectivity index (χ4n) is 2.09. The summed E-state index contributed by atoms with van der Waals surface area (Å²) < 4.78 is 13.4. The summed E-state index contributed by atoms with van der Waals surface area (Å²) in [5.74, 6) is -0.501. The number of nitrogens with zero attached hydrogens (tertiary/aromatic N) is 4. The molecule has 19 heavy (non-hydrogen) atoms. The van der Waals surface area contributed by atoms with Crippen molar-refractivity contribution in [1.29, 1.82) is 0 Å². The van der Waals surface area contributed by atoms with E-state index >= 15 is 0 Å². The first-order valence-corrected chi connectivity index (χ1v) is 6.06. The molecule has 6 heteroatoms. The number of halogens is 1. The van der Waals surface area contributed by atoms with Crippen molar-refractivity contribution in [2.24, 2.45) is 0 Å². The third-order valence-corrected chi connectivity index (χ3v) is 3.33. The van der Waals surface area contributed by atoms with Crippen LogP contribution in [0.2, 0.25) is 0 Å². The molecule has 0 bridgehead atoms. The standard InChI is InChI=1S/C13H13FN4O/c1-9-2-3-10(6-12(9)14)13(19)17-7-11(8-17)18-15-4-5-16-18/h2-6,11H,7-8H2,1H3. The summed E-state index contributed by atoms with van der Waals surface area (Å²) in [5, 5.41) is 8.08. The molecular weight excluding hydrogens is 247 g/mol. The van der Waals surface area contributed by atoms with E-state index < -0.39 is 0 Å². The van der Waals surface area contributed by atoms with Crippen LogP contribution in [0, 0.1) is 12.7 Å². The molecule has 3 rings (SSSR count). The lowest BCUT2D eigenvalue weighted by Gasteiger charge is -2.38. The normalized spacial score (nSPS) is 15.4. The van der Waals surface area contributed by atoms with Crippen LogP contribution < -0.4 is 0 Å². The van der Waals surface area contributed by atoms with Crippen molar-refractivity contribution < 1.29 is 9.18 Å². The van der Waals surface area contributed by atoms with Crippen LogP contribution in [-0.2, 0) is 0 Å². The van der Waals surface area contributed by atoms with Crippen molar-refractivity contribution in [3.63, 3.8) is 0 Å². The molecule has 1 fully saturated rings. The van der Waals surface area contributed by atoms with Crippen LogP contribution in [0.1, 0.15) is 22.0 Å². The monoisotopic (exact) mass is 260 g/mol. The second-order valence-corrected chi connectivity index (χ2v) is 4.68. The van der Waals surface area contributed by atoms with E-state index in [0.29, 0.717) is 24.2 Å². The molecule has 5 nitrogen and oxygen atoms in total. The number of hydrogen-bond donors (Lipinski definition) is 0. The molecule has 1 saturated heterocycles. The Labute approximate surface area is 109 Å². The highest BCUT2D eigenvalue weighted by Gasteiger charge is 2.33. The Balaban J connectivity index is 1.68. The van der Waals surface area contributed by atoms with Crippen molar-refractivity contribution in [3.8, 4) is 0 Å².